The molecule has 3 heteroatoms. The highest BCUT2D eigenvalue weighted by Crippen LogP contribution is 2.42. The van der Waals surface area contributed by atoms with Gasteiger partial charge >= 0.3 is 0 Å². The number of nitrogens with zero attached hydrogens (tertiary/aromatic N) is 3. The Hall–Kier alpha value is -5.28. The van der Waals surface area contributed by atoms with Crippen molar-refractivity contribution in [1.82, 2.24) is 14.5 Å². The predicted molar refractivity (Wildman–Crippen MR) is 162 cm³/mol. The van der Waals surface area contributed by atoms with Crippen LogP contribution in [-0.4, -0.2) is 14.5 Å². The van der Waals surface area contributed by atoms with E-state index in [-0.39, 0.29) is 0 Å². The maximum atomic E-state index is 5.21. The first-order valence-electron chi connectivity index (χ1n) is 13.2. The molecule has 0 aliphatic rings. The predicted octanol–water partition coefficient (Wildman–Crippen LogP) is 9.21. The Morgan fingerprint density at radius 3 is 1.49 bits per heavy atom. The van der Waals surface area contributed by atoms with E-state index < -0.39 is 0 Å². The Kier molecular flexibility index (Phi) is 4.82. The Labute approximate surface area is 225 Å². The van der Waals surface area contributed by atoms with Crippen LogP contribution in [0.1, 0.15) is 0 Å². The van der Waals surface area contributed by atoms with Crippen molar-refractivity contribution in [3.63, 3.8) is 0 Å². The fourth-order valence-corrected chi connectivity index (χ4v) is 5.88. The Balaban J connectivity index is 1.57. The van der Waals surface area contributed by atoms with Gasteiger partial charge in [0.1, 0.15) is 0 Å². The largest absolute Gasteiger partial charge is 0.277 e. The lowest BCUT2D eigenvalue weighted by Crippen LogP contribution is -2.04. The second kappa shape index (κ2) is 8.64. The maximum absolute atomic E-state index is 5.21. The number of rotatable bonds is 3. The number of hydrogen-bond donors (Lipinski definition) is 0. The van der Waals surface area contributed by atoms with Gasteiger partial charge in [0.2, 0.25) is 5.95 Å². The van der Waals surface area contributed by atoms with Crippen LogP contribution in [0.5, 0.6) is 0 Å². The molecule has 39 heavy (non-hydrogen) atoms. The maximum Gasteiger partial charge on any atom is 0.235 e. The number of para-hydroxylation sites is 1. The molecule has 0 saturated carbocycles. The van der Waals surface area contributed by atoms with Gasteiger partial charge in [0.25, 0.3) is 0 Å². The summed E-state index contributed by atoms with van der Waals surface area (Å²) in [6.07, 6.45) is 0. The summed E-state index contributed by atoms with van der Waals surface area (Å²) in [7, 11) is 0. The average Bonchev–Trinajstić information content (AvgIpc) is 3.38. The normalized spacial score (nSPS) is 11.6. The van der Waals surface area contributed by atoms with E-state index in [1.54, 1.807) is 0 Å². The van der Waals surface area contributed by atoms with Crippen molar-refractivity contribution in [2.75, 3.05) is 0 Å². The standard InChI is InChI=1S/C36H23N3/c1-3-13-24(14-4-1)31-23-32(25-15-5-2-6-16-25)38-36(37-31)39-33-22-12-11-21-30(33)34-28-19-9-7-17-26(28)27-18-8-10-20-29(27)35(34)39/h1-23H. The summed E-state index contributed by atoms with van der Waals surface area (Å²) < 4.78 is 2.26. The van der Waals surface area contributed by atoms with Crippen molar-refractivity contribution >= 4 is 43.4 Å². The van der Waals surface area contributed by atoms with Crippen molar-refractivity contribution in [3.05, 3.63) is 140 Å². The summed E-state index contributed by atoms with van der Waals surface area (Å²) in [4.78, 5) is 10.4. The fraction of sp³-hybridized carbons (Fsp3) is 0. The molecule has 0 bridgehead atoms. The molecule has 0 radical (unpaired) electrons. The van der Waals surface area contributed by atoms with Gasteiger partial charge in [-0.3, -0.25) is 4.57 Å². The Morgan fingerprint density at radius 1 is 0.410 bits per heavy atom. The molecule has 2 heterocycles. The minimum absolute atomic E-state index is 0.668. The van der Waals surface area contributed by atoms with Gasteiger partial charge in [-0.25, -0.2) is 9.97 Å². The first kappa shape index (κ1) is 21.8. The molecule has 3 nitrogen and oxygen atoms in total. The fourth-order valence-electron chi connectivity index (χ4n) is 5.88. The van der Waals surface area contributed by atoms with E-state index in [1.807, 2.05) is 12.1 Å². The monoisotopic (exact) mass is 497 g/mol. The zero-order chi connectivity index (χ0) is 25.8. The molecule has 2 aromatic heterocycles. The molecule has 8 aromatic rings. The van der Waals surface area contributed by atoms with Crippen molar-refractivity contribution in [2.24, 2.45) is 0 Å². The first-order valence-corrected chi connectivity index (χ1v) is 13.2. The number of benzene rings is 6. The van der Waals surface area contributed by atoms with Gasteiger partial charge in [-0.2, -0.15) is 0 Å². The van der Waals surface area contributed by atoms with Crippen LogP contribution in [0.15, 0.2) is 140 Å². The third-order valence-electron chi connectivity index (χ3n) is 7.60. The molecule has 0 spiro atoms. The minimum atomic E-state index is 0.668. The molecule has 0 aliphatic carbocycles. The topological polar surface area (TPSA) is 30.7 Å². The van der Waals surface area contributed by atoms with Crippen LogP contribution in [0.3, 0.4) is 0 Å². The van der Waals surface area contributed by atoms with Crippen LogP contribution in [0.4, 0.5) is 0 Å². The number of fused-ring (bicyclic) bond motifs is 8. The molecular formula is C36H23N3. The zero-order valence-corrected chi connectivity index (χ0v) is 21.1. The highest BCUT2D eigenvalue weighted by Gasteiger charge is 2.21. The van der Waals surface area contributed by atoms with Gasteiger partial charge in [0, 0.05) is 27.3 Å². The second-order valence-electron chi connectivity index (χ2n) is 9.84. The first-order chi connectivity index (χ1) is 19.4. The van der Waals surface area contributed by atoms with Gasteiger partial charge in [-0.1, -0.05) is 127 Å². The highest BCUT2D eigenvalue weighted by atomic mass is 15.2. The summed E-state index contributed by atoms with van der Waals surface area (Å²) in [5, 5.41) is 7.35. The van der Waals surface area contributed by atoms with Crippen LogP contribution in [0.2, 0.25) is 0 Å². The molecule has 182 valence electrons. The van der Waals surface area contributed by atoms with Crippen molar-refractivity contribution in [3.8, 4) is 28.5 Å². The van der Waals surface area contributed by atoms with Gasteiger partial charge in [0.05, 0.1) is 22.4 Å². The van der Waals surface area contributed by atoms with Crippen LogP contribution < -0.4 is 0 Å². The summed E-state index contributed by atoms with van der Waals surface area (Å²) in [5.41, 5.74) is 6.16. The lowest BCUT2D eigenvalue weighted by Gasteiger charge is -2.13. The molecule has 0 fully saturated rings. The zero-order valence-electron chi connectivity index (χ0n) is 21.1. The summed E-state index contributed by atoms with van der Waals surface area (Å²) in [6.45, 7) is 0. The lowest BCUT2D eigenvalue weighted by molar-refractivity contribution is 0.998. The van der Waals surface area contributed by atoms with E-state index >= 15 is 0 Å². The van der Waals surface area contributed by atoms with Crippen molar-refractivity contribution in [1.29, 1.82) is 0 Å². The third-order valence-corrected chi connectivity index (χ3v) is 7.60. The molecule has 8 rings (SSSR count). The highest BCUT2D eigenvalue weighted by molar-refractivity contribution is 6.32. The van der Waals surface area contributed by atoms with E-state index in [4.69, 9.17) is 9.97 Å². The van der Waals surface area contributed by atoms with Crippen molar-refractivity contribution in [2.45, 2.75) is 0 Å². The quantitative estimate of drug-likeness (QED) is 0.228. The van der Waals surface area contributed by atoms with Gasteiger partial charge in [-0.05, 0) is 28.3 Å². The SMILES string of the molecule is c1ccc(-c2cc(-c3ccccc3)nc(-n3c4ccccc4c4c5ccccc5c5ccccc5c43)n2)cc1. The molecular weight excluding hydrogens is 474 g/mol. The molecule has 0 amide bonds. The summed E-state index contributed by atoms with van der Waals surface area (Å²) >= 11 is 0. The molecule has 0 N–H and O–H groups in total. The van der Waals surface area contributed by atoms with E-state index in [2.05, 4.69) is 132 Å². The number of hydrogen-bond acceptors (Lipinski definition) is 2. The Bertz CT molecular complexity index is 2100. The van der Waals surface area contributed by atoms with E-state index in [9.17, 15) is 0 Å². The molecule has 0 aliphatic heterocycles. The van der Waals surface area contributed by atoms with E-state index in [0.29, 0.717) is 5.95 Å². The van der Waals surface area contributed by atoms with Crippen LogP contribution in [0.25, 0.3) is 71.8 Å². The lowest BCUT2D eigenvalue weighted by atomic mass is 9.97. The summed E-state index contributed by atoms with van der Waals surface area (Å²) in [6, 6.07) is 48.8. The average molecular weight is 498 g/mol. The van der Waals surface area contributed by atoms with Gasteiger partial charge in [0.15, 0.2) is 0 Å². The van der Waals surface area contributed by atoms with Crippen molar-refractivity contribution < 1.29 is 0 Å². The smallest absolute Gasteiger partial charge is 0.235 e. The van der Waals surface area contributed by atoms with E-state index in [0.717, 1.165) is 33.5 Å². The molecule has 6 aromatic carbocycles. The van der Waals surface area contributed by atoms with Crippen LogP contribution >= 0.6 is 0 Å². The molecule has 0 saturated heterocycles. The molecule has 0 atom stereocenters. The second-order valence-corrected chi connectivity index (χ2v) is 9.84. The van der Waals surface area contributed by atoms with Crippen LogP contribution in [0, 0.1) is 0 Å². The third kappa shape index (κ3) is 3.37. The van der Waals surface area contributed by atoms with E-state index in [1.165, 1.54) is 32.3 Å². The van der Waals surface area contributed by atoms with Crippen LogP contribution in [-0.2, 0) is 0 Å². The van der Waals surface area contributed by atoms with Gasteiger partial charge < -0.3 is 0 Å². The Morgan fingerprint density at radius 2 is 0.872 bits per heavy atom. The minimum Gasteiger partial charge on any atom is -0.277 e. The summed E-state index contributed by atoms with van der Waals surface area (Å²) in [5.74, 6) is 0.668. The number of aromatic nitrogens is 3. The van der Waals surface area contributed by atoms with Gasteiger partial charge in [-0.15, -0.1) is 0 Å². The molecule has 0 unspecified atom stereocenters.